The Labute approximate surface area is 401 Å². The molecule has 0 unspecified atom stereocenters. The summed E-state index contributed by atoms with van der Waals surface area (Å²) in [5.74, 6) is 0. The minimum atomic E-state index is 0.889. The van der Waals surface area contributed by atoms with Crippen LogP contribution < -0.4 is 4.90 Å². The fourth-order valence-corrected chi connectivity index (χ4v) is 10.3. The highest BCUT2D eigenvalue weighted by Gasteiger charge is 2.20. The monoisotopic (exact) mass is 880 g/mol. The molecule has 13 rings (SSSR count). The Kier molecular flexibility index (Phi) is 9.84. The fourth-order valence-electron chi connectivity index (χ4n) is 10.3. The Hall–Kier alpha value is -9.18. The van der Waals surface area contributed by atoms with Gasteiger partial charge in [0, 0.05) is 55.3 Å². The summed E-state index contributed by atoms with van der Waals surface area (Å²) < 4.78 is 9.27. The average Bonchev–Trinajstić information content (AvgIpc) is 3.98. The van der Waals surface area contributed by atoms with E-state index in [0.717, 1.165) is 94.8 Å². The SMILES string of the molecule is c1ccc(-c2cc(-c3ccccc3)cc(N(c3ccc(-c4ccccc4-n4c5ccccc5c5ccccc54)cc3)c3ccc(-c4cccc5c4oc4c(-c6ccccc6)cccc45)cc3)c2)cc1. The molecule has 0 atom stereocenters. The minimum Gasteiger partial charge on any atom is -0.455 e. The van der Waals surface area contributed by atoms with E-state index < -0.39 is 0 Å². The molecule has 3 heteroatoms. The van der Waals surface area contributed by atoms with Crippen LogP contribution in [0, 0.1) is 0 Å². The van der Waals surface area contributed by atoms with E-state index in [9.17, 15) is 0 Å². The molecule has 2 heterocycles. The number of para-hydroxylation sites is 5. The summed E-state index contributed by atoms with van der Waals surface area (Å²) in [4.78, 5) is 2.39. The van der Waals surface area contributed by atoms with E-state index in [1.807, 2.05) is 0 Å². The summed E-state index contributed by atoms with van der Waals surface area (Å²) in [7, 11) is 0. The highest BCUT2D eigenvalue weighted by atomic mass is 16.3. The first-order valence-electron chi connectivity index (χ1n) is 23.6. The molecule has 0 N–H and O–H groups in total. The van der Waals surface area contributed by atoms with Crippen LogP contribution in [0.5, 0.6) is 0 Å². The standard InChI is InChI=1S/C66H44N2O/c1-4-18-45(19-5-1)50-42-51(46-20-6-2-7-21-46)44-54(43-50)67(52-38-34-48(35-39-52)55-24-10-13-31-62(55)68-63-32-14-11-25-58(63)59-26-12-15-33-64(59)68)53-40-36-49(37-41-53)57-28-17-30-61-60-29-16-27-56(65(60)69-66(57)61)47-22-8-3-9-23-47/h1-44H. The summed E-state index contributed by atoms with van der Waals surface area (Å²) in [5, 5.41) is 4.72. The largest absolute Gasteiger partial charge is 0.455 e. The van der Waals surface area contributed by atoms with Gasteiger partial charge in [-0.2, -0.15) is 0 Å². The second-order valence-corrected chi connectivity index (χ2v) is 17.6. The van der Waals surface area contributed by atoms with Crippen molar-refractivity contribution in [1.29, 1.82) is 0 Å². The van der Waals surface area contributed by atoms with E-state index in [1.165, 1.54) is 27.4 Å². The zero-order valence-electron chi connectivity index (χ0n) is 37.7. The molecular formula is C66H44N2O. The molecule has 69 heavy (non-hydrogen) atoms. The van der Waals surface area contributed by atoms with Crippen LogP contribution in [0.4, 0.5) is 17.1 Å². The van der Waals surface area contributed by atoms with Gasteiger partial charge in [0.1, 0.15) is 11.2 Å². The summed E-state index contributed by atoms with van der Waals surface area (Å²) in [6.07, 6.45) is 0. The molecule has 0 saturated heterocycles. The van der Waals surface area contributed by atoms with Gasteiger partial charge in [-0.3, -0.25) is 0 Å². The van der Waals surface area contributed by atoms with Gasteiger partial charge in [-0.15, -0.1) is 0 Å². The van der Waals surface area contributed by atoms with Crippen LogP contribution in [0.2, 0.25) is 0 Å². The van der Waals surface area contributed by atoms with Crippen molar-refractivity contribution in [2.45, 2.75) is 0 Å². The Balaban J connectivity index is 0.953. The summed E-state index contributed by atoms with van der Waals surface area (Å²) in [6, 6.07) is 96.0. The van der Waals surface area contributed by atoms with Gasteiger partial charge in [0.05, 0.1) is 16.7 Å². The number of hydrogen-bond acceptors (Lipinski definition) is 2. The molecule has 324 valence electrons. The molecule has 0 saturated carbocycles. The second-order valence-electron chi connectivity index (χ2n) is 17.6. The van der Waals surface area contributed by atoms with Gasteiger partial charge in [0.15, 0.2) is 0 Å². The first-order valence-corrected chi connectivity index (χ1v) is 23.6. The molecule has 11 aromatic carbocycles. The fraction of sp³-hybridized carbons (Fsp3) is 0. The van der Waals surface area contributed by atoms with Crippen LogP contribution in [0.1, 0.15) is 0 Å². The lowest BCUT2D eigenvalue weighted by molar-refractivity contribution is 0.671. The van der Waals surface area contributed by atoms with Crippen molar-refractivity contribution in [2.24, 2.45) is 0 Å². The first kappa shape index (κ1) is 40.1. The molecule has 3 nitrogen and oxygen atoms in total. The topological polar surface area (TPSA) is 21.3 Å². The minimum absolute atomic E-state index is 0.889. The predicted molar refractivity (Wildman–Crippen MR) is 290 cm³/mol. The molecule has 2 aromatic heterocycles. The number of aromatic nitrogens is 1. The van der Waals surface area contributed by atoms with Crippen LogP contribution in [-0.4, -0.2) is 4.57 Å². The van der Waals surface area contributed by atoms with Crippen molar-refractivity contribution >= 4 is 60.8 Å². The maximum Gasteiger partial charge on any atom is 0.143 e. The van der Waals surface area contributed by atoms with Crippen LogP contribution >= 0.6 is 0 Å². The van der Waals surface area contributed by atoms with E-state index >= 15 is 0 Å². The number of nitrogens with zero attached hydrogens (tertiary/aromatic N) is 2. The number of benzene rings is 11. The van der Waals surface area contributed by atoms with Gasteiger partial charge in [0.2, 0.25) is 0 Å². The smallest absolute Gasteiger partial charge is 0.143 e. The first-order chi connectivity index (χ1) is 34.2. The average molecular weight is 881 g/mol. The molecule has 0 aliphatic heterocycles. The summed E-state index contributed by atoms with van der Waals surface area (Å²) in [5.41, 5.74) is 19.8. The molecule has 0 aliphatic carbocycles. The quantitative estimate of drug-likeness (QED) is 0.144. The van der Waals surface area contributed by atoms with Crippen molar-refractivity contribution in [3.8, 4) is 61.3 Å². The van der Waals surface area contributed by atoms with Crippen molar-refractivity contribution in [3.63, 3.8) is 0 Å². The van der Waals surface area contributed by atoms with Crippen molar-refractivity contribution in [1.82, 2.24) is 4.57 Å². The van der Waals surface area contributed by atoms with Crippen molar-refractivity contribution in [2.75, 3.05) is 4.90 Å². The highest BCUT2D eigenvalue weighted by Crippen LogP contribution is 2.44. The third kappa shape index (κ3) is 7.08. The zero-order chi connectivity index (χ0) is 45.7. The van der Waals surface area contributed by atoms with Gasteiger partial charge in [-0.05, 0) is 99.6 Å². The van der Waals surface area contributed by atoms with E-state index in [1.54, 1.807) is 0 Å². The normalized spacial score (nSPS) is 11.5. The third-order valence-electron chi connectivity index (χ3n) is 13.6. The van der Waals surface area contributed by atoms with Crippen LogP contribution in [-0.2, 0) is 0 Å². The Bertz CT molecular complexity index is 3870. The predicted octanol–water partition coefficient (Wildman–Crippen LogP) is 18.5. The Morgan fingerprint density at radius 1 is 0.261 bits per heavy atom. The highest BCUT2D eigenvalue weighted by molar-refractivity contribution is 6.13. The lowest BCUT2D eigenvalue weighted by Crippen LogP contribution is -2.10. The van der Waals surface area contributed by atoms with Crippen LogP contribution in [0.3, 0.4) is 0 Å². The van der Waals surface area contributed by atoms with Gasteiger partial charge in [0.25, 0.3) is 0 Å². The molecule has 0 aliphatic rings. The van der Waals surface area contributed by atoms with E-state index in [0.29, 0.717) is 0 Å². The van der Waals surface area contributed by atoms with Crippen LogP contribution in [0.25, 0.3) is 105 Å². The molecule has 0 bridgehead atoms. The molecule has 0 amide bonds. The Morgan fingerprint density at radius 3 is 1.17 bits per heavy atom. The van der Waals surface area contributed by atoms with Gasteiger partial charge >= 0.3 is 0 Å². The number of furan rings is 1. The van der Waals surface area contributed by atoms with Crippen molar-refractivity contribution < 1.29 is 4.42 Å². The molecule has 0 radical (unpaired) electrons. The zero-order valence-corrected chi connectivity index (χ0v) is 37.7. The molecular weight excluding hydrogens is 837 g/mol. The maximum atomic E-state index is 6.86. The van der Waals surface area contributed by atoms with Crippen molar-refractivity contribution in [3.05, 3.63) is 267 Å². The number of rotatable bonds is 9. The van der Waals surface area contributed by atoms with Gasteiger partial charge in [-0.1, -0.05) is 206 Å². The Morgan fingerprint density at radius 2 is 0.652 bits per heavy atom. The van der Waals surface area contributed by atoms with Crippen LogP contribution in [0.15, 0.2) is 271 Å². The molecule has 13 aromatic rings. The second kappa shape index (κ2) is 16.9. The van der Waals surface area contributed by atoms with E-state index in [2.05, 4.69) is 276 Å². The lowest BCUT2D eigenvalue weighted by atomic mass is 9.97. The summed E-state index contributed by atoms with van der Waals surface area (Å²) >= 11 is 0. The lowest BCUT2D eigenvalue weighted by Gasteiger charge is -2.27. The number of anilines is 3. The van der Waals surface area contributed by atoms with E-state index in [4.69, 9.17) is 4.42 Å². The molecule has 0 spiro atoms. The van der Waals surface area contributed by atoms with E-state index in [-0.39, 0.29) is 0 Å². The van der Waals surface area contributed by atoms with Gasteiger partial charge < -0.3 is 13.9 Å². The third-order valence-corrected chi connectivity index (χ3v) is 13.6. The molecule has 0 fully saturated rings. The number of hydrogen-bond donors (Lipinski definition) is 0. The van der Waals surface area contributed by atoms with Gasteiger partial charge in [-0.25, -0.2) is 0 Å². The maximum absolute atomic E-state index is 6.86. The summed E-state index contributed by atoms with van der Waals surface area (Å²) in [6.45, 7) is 0. The number of fused-ring (bicyclic) bond motifs is 6.